The third-order valence-corrected chi connectivity index (χ3v) is 2.18. The number of amides is 1. The van der Waals surface area contributed by atoms with Crippen LogP contribution in [0.15, 0.2) is 0 Å². The predicted octanol–water partition coefficient (Wildman–Crippen LogP) is -1.47. The molecule has 16 heavy (non-hydrogen) atoms. The Morgan fingerprint density at radius 1 is 1.75 bits per heavy atom. The number of nitrogens with zero attached hydrogens (tertiary/aromatic N) is 4. The maximum atomic E-state index is 11.6. The Morgan fingerprint density at radius 3 is 3.25 bits per heavy atom. The summed E-state index contributed by atoms with van der Waals surface area (Å²) < 4.78 is 5.41. The SMILES string of the molecule is Cn1nnc(NC(=O)CC2CNCCO2)n1. The molecule has 0 spiro atoms. The molecule has 88 valence electrons. The zero-order chi connectivity index (χ0) is 11.4. The molecule has 2 rings (SSSR count). The van der Waals surface area contributed by atoms with E-state index in [1.165, 1.54) is 4.80 Å². The Hall–Kier alpha value is -1.54. The Bertz CT molecular complexity index is 359. The van der Waals surface area contributed by atoms with Gasteiger partial charge in [-0.3, -0.25) is 10.1 Å². The second kappa shape index (κ2) is 4.99. The fraction of sp³-hybridized carbons (Fsp3) is 0.750. The number of hydrogen-bond donors (Lipinski definition) is 2. The van der Waals surface area contributed by atoms with E-state index in [1.54, 1.807) is 7.05 Å². The molecule has 1 amide bonds. The lowest BCUT2D eigenvalue weighted by Gasteiger charge is -2.22. The number of aryl methyl sites for hydroxylation is 1. The van der Waals surface area contributed by atoms with Crippen LogP contribution in [0.4, 0.5) is 5.95 Å². The van der Waals surface area contributed by atoms with E-state index < -0.39 is 0 Å². The van der Waals surface area contributed by atoms with Crippen LogP contribution >= 0.6 is 0 Å². The second-order valence-corrected chi connectivity index (χ2v) is 3.55. The minimum Gasteiger partial charge on any atom is -0.375 e. The average Bonchev–Trinajstić information content (AvgIpc) is 2.65. The first-order chi connectivity index (χ1) is 7.74. The van der Waals surface area contributed by atoms with Gasteiger partial charge in [0.2, 0.25) is 5.91 Å². The van der Waals surface area contributed by atoms with Crippen molar-refractivity contribution in [2.24, 2.45) is 7.05 Å². The summed E-state index contributed by atoms with van der Waals surface area (Å²) >= 11 is 0. The highest BCUT2D eigenvalue weighted by Gasteiger charge is 2.18. The van der Waals surface area contributed by atoms with Crippen molar-refractivity contribution in [3.05, 3.63) is 0 Å². The van der Waals surface area contributed by atoms with E-state index in [9.17, 15) is 4.79 Å². The summed E-state index contributed by atoms with van der Waals surface area (Å²) in [5.74, 6) is 0.0537. The molecular weight excluding hydrogens is 212 g/mol. The number of carbonyl (C=O) groups excluding carboxylic acids is 1. The molecule has 0 radical (unpaired) electrons. The summed E-state index contributed by atoms with van der Waals surface area (Å²) in [5, 5.41) is 16.8. The Labute approximate surface area is 92.3 Å². The van der Waals surface area contributed by atoms with Gasteiger partial charge in [-0.15, -0.1) is 5.10 Å². The van der Waals surface area contributed by atoms with Crippen molar-refractivity contribution < 1.29 is 9.53 Å². The Morgan fingerprint density at radius 2 is 2.62 bits per heavy atom. The lowest BCUT2D eigenvalue weighted by atomic mass is 10.2. The normalized spacial score (nSPS) is 20.7. The fourth-order valence-electron chi connectivity index (χ4n) is 1.47. The summed E-state index contributed by atoms with van der Waals surface area (Å²) in [6.07, 6.45) is 0.219. The largest absolute Gasteiger partial charge is 0.375 e. The number of nitrogens with one attached hydrogen (secondary N) is 2. The van der Waals surface area contributed by atoms with E-state index >= 15 is 0 Å². The smallest absolute Gasteiger partial charge is 0.270 e. The van der Waals surface area contributed by atoms with Gasteiger partial charge in [0, 0.05) is 13.1 Å². The first-order valence-corrected chi connectivity index (χ1v) is 5.10. The van der Waals surface area contributed by atoms with Gasteiger partial charge in [-0.05, 0) is 5.21 Å². The van der Waals surface area contributed by atoms with Crippen LogP contribution in [-0.2, 0) is 16.6 Å². The van der Waals surface area contributed by atoms with Crippen molar-refractivity contribution in [1.29, 1.82) is 0 Å². The van der Waals surface area contributed by atoms with Crippen LogP contribution in [0.2, 0.25) is 0 Å². The van der Waals surface area contributed by atoms with Gasteiger partial charge in [-0.1, -0.05) is 5.10 Å². The van der Waals surface area contributed by atoms with Crippen molar-refractivity contribution in [2.45, 2.75) is 12.5 Å². The van der Waals surface area contributed by atoms with Crippen molar-refractivity contribution in [3.63, 3.8) is 0 Å². The highest BCUT2D eigenvalue weighted by molar-refractivity contribution is 5.89. The third-order valence-electron chi connectivity index (χ3n) is 2.18. The van der Waals surface area contributed by atoms with Crippen LogP contribution in [0.25, 0.3) is 0 Å². The van der Waals surface area contributed by atoms with Gasteiger partial charge in [0.15, 0.2) is 0 Å². The molecular formula is C8H14N6O2. The van der Waals surface area contributed by atoms with E-state index in [2.05, 4.69) is 26.0 Å². The van der Waals surface area contributed by atoms with Gasteiger partial charge in [-0.25, -0.2) is 0 Å². The first-order valence-electron chi connectivity index (χ1n) is 5.10. The molecule has 8 heteroatoms. The maximum Gasteiger partial charge on any atom is 0.270 e. The van der Waals surface area contributed by atoms with Crippen LogP contribution in [0.3, 0.4) is 0 Å². The van der Waals surface area contributed by atoms with Crippen LogP contribution in [-0.4, -0.2) is 51.9 Å². The lowest BCUT2D eigenvalue weighted by molar-refractivity contribution is -0.119. The predicted molar refractivity (Wildman–Crippen MR) is 54.7 cm³/mol. The van der Waals surface area contributed by atoms with Crippen molar-refractivity contribution >= 4 is 11.9 Å². The Kier molecular flexibility index (Phi) is 3.42. The highest BCUT2D eigenvalue weighted by atomic mass is 16.5. The van der Waals surface area contributed by atoms with Crippen molar-refractivity contribution in [1.82, 2.24) is 25.5 Å². The standard InChI is InChI=1S/C8H14N6O2/c1-14-12-8(11-13-14)10-7(15)4-6-5-9-2-3-16-6/h6,9H,2-5H2,1H3,(H,10,12,15). The molecule has 1 aromatic rings. The van der Waals surface area contributed by atoms with E-state index in [-0.39, 0.29) is 18.0 Å². The van der Waals surface area contributed by atoms with Crippen LogP contribution in [0.5, 0.6) is 0 Å². The molecule has 2 heterocycles. The molecule has 1 aliphatic rings. The molecule has 0 bridgehead atoms. The quantitative estimate of drug-likeness (QED) is 0.653. The highest BCUT2D eigenvalue weighted by Crippen LogP contribution is 2.03. The molecule has 1 aromatic heterocycles. The summed E-state index contributed by atoms with van der Waals surface area (Å²) in [4.78, 5) is 12.8. The number of tetrazole rings is 1. The van der Waals surface area contributed by atoms with Gasteiger partial charge >= 0.3 is 0 Å². The molecule has 1 atom stereocenters. The molecule has 8 nitrogen and oxygen atoms in total. The van der Waals surface area contributed by atoms with Gasteiger partial charge in [-0.2, -0.15) is 4.80 Å². The van der Waals surface area contributed by atoms with Gasteiger partial charge < -0.3 is 10.1 Å². The fourth-order valence-corrected chi connectivity index (χ4v) is 1.47. The summed E-state index contributed by atoms with van der Waals surface area (Å²) in [5.41, 5.74) is 0. The molecule has 2 N–H and O–H groups in total. The van der Waals surface area contributed by atoms with Crippen LogP contribution in [0.1, 0.15) is 6.42 Å². The number of hydrogen-bond acceptors (Lipinski definition) is 6. The number of aromatic nitrogens is 4. The topological polar surface area (TPSA) is 94.0 Å². The van der Waals surface area contributed by atoms with Crippen LogP contribution in [0, 0.1) is 0 Å². The van der Waals surface area contributed by atoms with Gasteiger partial charge in [0.05, 0.1) is 26.2 Å². The number of rotatable bonds is 3. The van der Waals surface area contributed by atoms with E-state index in [1.807, 2.05) is 0 Å². The number of anilines is 1. The third kappa shape index (κ3) is 2.97. The molecule has 1 aliphatic heterocycles. The lowest BCUT2D eigenvalue weighted by Crippen LogP contribution is -2.40. The van der Waals surface area contributed by atoms with E-state index in [0.717, 1.165) is 6.54 Å². The van der Waals surface area contributed by atoms with Crippen LogP contribution < -0.4 is 10.6 Å². The van der Waals surface area contributed by atoms with Crippen molar-refractivity contribution in [3.8, 4) is 0 Å². The molecule has 1 unspecified atom stereocenters. The minimum atomic E-state index is -0.165. The number of ether oxygens (including phenoxy) is 1. The zero-order valence-electron chi connectivity index (χ0n) is 9.01. The molecule has 0 aliphatic carbocycles. The Balaban J connectivity index is 1.79. The van der Waals surface area contributed by atoms with E-state index in [4.69, 9.17) is 4.74 Å². The average molecular weight is 226 g/mol. The molecule has 1 saturated heterocycles. The summed E-state index contributed by atoms with van der Waals surface area (Å²) in [6.45, 7) is 2.17. The van der Waals surface area contributed by atoms with E-state index in [0.29, 0.717) is 19.6 Å². The van der Waals surface area contributed by atoms with Gasteiger partial charge in [0.25, 0.3) is 5.95 Å². The number of morpholine rings is 1. The van der Waals surface area contributed by atoms with Crippen molar-refractivity contribution in [2.75, 3.05) is 25.0 Å². The second-order valence-electron chi connectivity index (χ2n) is 3.55. The molecule has 0 saturated carbocycles. The van der Waals surface area contributed by atoms with Gasteiger partial charge in [0.1, 0.15) is 0 Å². The molecule has 1 fully saturated rings. The zero-order valence-corrected chi connectivity index (χ0v) is 9.01. The minimum absolute atomic E-state index is 0.0783. The maximum absolute atomic E-state index is 11.6. The summed E-state index contributed by atoms with van der Waals surface area (Å²) in [7, 11) is 1.64. The molecule has 0 aromatic carbocycles. The first kappa shape index (κ1) is 11.0. The summed E-state index contributed by atoms with van der Waals surface area (Å²) in [6, 6.07) is 0. The monoisotopic (exact) mass is 226 g/mol. The number of carbonyl (C=O) groups is 1.